The summed E-state index contributed by atoms with van der Waals surface area (Å²) in [5.74, 6) is -1.80. The first-order chi connectivity index (χ1) is 20.8. The molecule has 0 spiro atoms. The van der Waals surface area contributed by atoms with Gasteiger partial charge in [0.25, 0.3) is 0 Å². The number of aromatic nitrogens is 2. The Bertz CT molecular complexity index is 1740. The van der Waals surface area contributed by atoms with E-state index in [1.165, 1.54) is 18.9 Å². The number of ketones is 1. The second-order valence-corrected chi connectivity index (χ2v) is 14.3. The molecule has 2 aromatic heterocycles. The number of aliphatic carboxylic acids is 1. The third kappa shape index (κ3) is 8.39. The maximum atomic E-state index is 13.1. The number of nitrogens with zero attached hydrogens (tertiary/aromatic N) is 2. The summed E-state index contributed by atoms with van der Waals surface area (Å²) in [6, 6.07) is 16.9. The van der Waals surface area contributed by atoms with Crippen LogP contribution in [0.4, 0.5) is 13.2 Å². The van der Waals surface area contributed by atoms with Crippen molar-refractivity contribution in [3.05, 3.63) is 75.8 Å². The van der Waals surface area contributed by atoms with E-state index in [1.54, 1.807) is 13.2 Å². The van der Waals surface area contributed by atoms with Crippen LogP contribution in [0.1, 0.15) is 48.9 Å². The molecule has 0 radical (unpaired) electrons. The average molecular weight is 671 g/mol. The molecule has 44 heavy (non-hydrogen) atoms. The molecule has 2 aromatic carbocycles. The number of Topliss-reactive ketones (excluding diaryl/α,β-unsaturated/α-hetero) is 1. The number of alkyl halides is 3. The van der Waals surface area contributed by atoms with Crippen molar-refractivity contribution < 1.29 is 41.0 Å². The highest BCUT2D eigenvalue weighted by molar-refractivity contribution is 7.92. The van der Waals surface area contributed by atoms with Gasteiger partial charge in [0.1, 0.15) is 21.5 Å². The molecule has 5 rings (SSSR count). The van der Waals surface area contributed by atoms with Crippen LogP contribution >= 0.6 is 22.9 Å². The van der Waals surface area contributed by atoms with Crippen LogP contribution in [0.25, 0.3) is 10.9 Å². The third-order valence-electron chi connectivity index (χ3n) is 7.25. The molecule has 0 atom stereocenters. The van der Waals surface area contributed by atoms with Gasteiger partial charge in [-0.05, 0) is 54.7 Å². The Morgan fingerprint density at radius 1 is 1.09 bits per heavy atom. The predicted molar refractivity (Wildman–Crippen MR) is 161 cm³/mol. The number of methoxy groups -OCH3 is 1. The molecule has 1 fully saturated rings. The summed E-state index contributed by atoms with van der Waals surface area (Å²) in [4.78, 5) is 21.4. The van der Waals surface area contributed by atoms with E-state index < -0.39 is 22.0 Å². The molecule has 0 bridgehead atoms. The monoisotopic (exact) mass is 670 g/mol. The highest BCUT2D eigenvalue weighted by atomic mass is 35.5. The Balaban J connectivity index is 0.000000566. The number of ether oxygens (including phenoxy) is 1. The van der Waals surface area contributed by atoms with Crippen molar-refractivity contribution in [3.63, 3.8) is 0 Å². The van der Waals surface area contributed by atoms with Crippen LogP contribution in [-0.2, 0) is 38.1 Å². The molecule has 0 unspecified atom stereocenters. The second kappa shape index (κ2) is 14.1. The number of carboxylic acids is 1. The molecule has 14 heteroatoms. The van der Waals surface area contributed by atoms with Gasteiger partial charge in [-0.2, -0.15) is 18.3 Å². The number of aryl methyl sites for hydroxylation is 1. The molecule has 1 aliphatic rings. The van der Waals surface area contributed by atoms with Crippen molar-refractivity contribution in [2.75, 3.05) is 7.11 Å². The first kappa shape index (κ1) is 33.5. The van der Waals surface area contributed by atoms with Crippen LogP contribution in [0, 0.1) is 5.92 Å². The van der Waals surface area contributed by atoms with Crippen LogP contribution in [-0.4, -0.2) is 48.3 Å². The fourth-order valence-electron chi connectivity index (χ4n) is 5.16. The van der Waals surface area contributed by atoms with Gasteiger partial charge in [0.15, 0.2) is 9.84 Å². The topological polar surface area (TPSA) is 116 Å². The lowest BCUT2D eigenvalue weighted by atomic mass is 9.96. The molecule has 236 valence electrons. The van der Waals surface area contributed by atoms with E-state index in [0.717, 1.165) is 47.2 Å². The van der Waals surface area contributed by atoms with Crippen molar-refractivity contribution >= 4 is 55.4 Å². The second-order valence-electron chi connectivity index (χ2n) is 10.3. The van der Waals surface area contributed by atoms with Gasteiger partial charge in [0.05, 0.1) is 34.6 Å². The number of carbonyl (C=O) groups is 2. The number of rotatable bonds is 10. The Morgan fingerprint density at radius 3 is 2.36 bits per heavy atom. The van der Waals surface area contributed by atoms with E-state index in [0.29, 0.717) is 39.9 Å². The molecule has 0 amide bonds. The number of carboxylic acid groups (broad SMARTS) is 1. The zero-order valence-corrected chi connectivity index (χ0v) is 26.0. The number of fused-ring (bicyclic) bond motifs is 1. The zero-order valence-electron chi connectivity index (χ0n) is 23.6. The Labute approximate surface area is 261 Å². The number of hydrogen-bond acceptors (Lipinski definition) is 7. The molecule has 8 nitrogen and oxygen atoms in total. The van der Waals surface area contributed by atoms with Crippen LogP contribution in [0.2, 0.25) is 4.34 Å². The molecule has 0 saturated heterocycles. The van der Waals surface area contributed by atoms with E-state index in [9.17, 15) is 26.4 Å². The Hall–Kier alpha value is -3.42. The van der Waals surface area contributed by atoms with E-state index in [1.807, 2.05) is 35.0 Å². The molecule has 1 saturated carbocycles. The third-order valence-corrected chi connectivity index (χ3v) is 10.7. The van der Waals surface area contributed by atoms with Crippen LogP contribution in [0.5, 0.6) is 5.75 Å². The van der Waals surface area contributed by atoms with Gasteiger partial charge in [0, 0.05) is 12.3 Å². The Kier molecular flexibility index (Phi) is 10.7. The van der Waals surface area contributed by atoms with E-state index in [-0.39, 0.29) is 15.9 Å². The first-order valence-corrected chi connectivity index (χ1v) is 16.5. The van der Waals surface area contributed by atoms with Crippen molar-refractivity contribution in [1.82, 2.24) is 9.78 Å². The first-order valence-electron chi connectivity index (χ1n) is 13.7. The minimum atomic E-state index is -5.08. The minimum Gasteiger partial charge on any atom is -0.496 e. The lowest BCUT2D eigenvalue weighted by Crippen LogP contribution is -2.21. The van der Waals surface area contributed by atoms with E-state index >= 15 is 0 Å². The van der Waals surface area contributed by atoms with Gasteiger partial charge < -0.3 is 9.84 Å². The quantitative estimate of drug-likeness (QED) is 0.191. The summed E-state index contributed by atoms with van der Waals surface area (Å²) in [5, 5.41) is 12.6. The normalized spacial score (nSPS) is 13.9. The number of benzene rings is 2. The van der Waals surface area contributed by atoms with Gasteiger partial charge in [0.2, 0.25) is 0 Å². The summed E-state index contributed by atoms with van der Waals surface area (Å²) >= 11 is 7.03. The number of halogens is 4. The number of thiophene rings is 1. The molecule has 1 N–H and O–H groups in total. The number of sulfone groups is 1. The van der Waals surface area contributed by atoms with Gasteiger partial charge in [-0.25, -0.2) is 13.2 Å². The van der Waals surface area contributed by atoms with Crippen molar-refractivity contribution in [2.24, 2.45) is 5.92 Å². The van der Waals surface area contributed by atoms with E-state index in [4.69, 9.17) is 31.3 Å². The standard InChI is InChI=1S/C28H29ClN2O4S2.C2HF3O2/c1-35-25-11-5-10-23-28(25)22(18-37(33,34)27-15-14-26(29)36-27)30-31(23)17-20-7-4-6-19(16-20)12-13-24(32)21-8-2-3-9-21;3-2(4,5)1(6)7/h4-7,10-11,14-16,21H,2-3,8-9,12-13,17-18H2,1H3;(H,6,7). The van der Waals surface area contributed by atoms with Gasteiger partial charge >= 0.3 is 12.1 Å². The maximum Gasteiger partial charge on any atom is 0.490 e. The van der Waals surface area contributed by atoms with Crippen LogP contribution in [0.15, 0.2) is 58.8 Å². The zero-order chi connectivity index (χ0) is 32.1. The molecule has 0 aliphatic heterocycles. The van der Waals surface area contributed by atoms with Crippen LogP contribution < -0.4 is 4.74 Å². The van der Waals surface area contributed by atoms with Crippen LogP contribution in [0.3, 0.4) is 0 Å². The lowest BCUT2D eigenvalue weighted by molar-refractivity contribution is -0.192. The maximum absolute atomic E-state index is 13.1. The predicted octanol–water partition coefficient (Wildman–Crippen LogP) is 7.11. The molecular weight excluding hydrogens is 641 g/mol. The van der Waals surface area contributed by atoms with Crippen molar-refractivity contribution in [2.45, 2.75) is 61.2 Å². The van der Waals surface area contributed by atoms with Gasteiger partial charge in [-0.3, -0.25) is 9.48 Å². The van der Waals surface area contributed by atoms with E-state index in [2.05, 4.69) is 12.1 Å². The Morgan fingerprint density at radius 2 is 1.75 bits per heavy atom. The number of carbonyl (C=O) groups excluding carboxylic acids is 1. The largest absolute Gasteiger partial charge is 0.496 e. The molecular formula is C30H30ClF3N2O6S2. The SMILES string of the molecule is COc1cccc2c1c(CS(=O)(=O)c1ccc(Cl)s1)nn2Cc1cccc(CCC(=O)C2CCCC2)c1.O=C(O)C(F)(F)F. The highest BCUT2D eigenvalue weighted by Crippen LogP contribution is 2.34. The summed E-state index contributed by atoms with van der Waals surface area (Å²) in [5.41, 5.74) is 3.40. The average Bonchev–Trinajstić information content (AvgIpc) is 3.73. The van der Waals surface area contributed by atoms with Gasteiger partial charge in [-0.1, -0.05) is 54.8 Å². The summed E-state index contributed by atoms with van der Waals surface area (Å²) in [6.07, 6.45) is 0.616. The summed E-state index contributed by atoms with van der Waals surface area (Å²) in [7, 11) is -2.06. The van der Waals surface area contributed by atoms with Crippen molar-refractivity contribution in [1.29, 1.82) is 0 Å². The fraction of sp³-hybridized carbons (Fsp3) is 0.367. The lowest BCUT2D eigenvalue weighted by Gasteiger charge is -2.09. The minimum absolute atomic E-state index is 0.218. The summed E-state index contributed by atoms with van der Waals surface area (Å²) in [6.45, 7) is 0.471. The molecule has 2 heterocycles. The summed E-state index contributed by atoms with van der Waals surface area (Å²) < 4.78 is 66.0. The molecule has 4 aromatic rings. The molecule has 1 aliphatic carbocycles. The number of hydrogen-bond donors (Lipinski definition) is 1. The fourth-order valence-corrected chi connectivity index (χ4v) is 8.01. The van der Waals surface area contributed by atoms with Gasteiger partial charge in [-0.15, -0.1) is 11.3 Å². The highest BCUT2D eigenvalue weighted by Gasteiger charge is 2.38. The smallest absolute Gasteiger partial charge is 0.490 e. The van der Waals surface area contributed by atoms with Crippen molar-refractivity contribution in [3.8, 4) is 5.75 Å².